The lowest BCUT2D eigenvalue weighted by Gasteiger charge is -2.01. The third-order valence-electron chi connectivity index (χ3n) is 3.01. The van der Waals surface area contributed by atoms with Crippen molar-refractivity contribution < 1.29 is 14.5 Å². The number of hydrogen-bond donors (Lipinski definition) is 1. The summed E-state index contributed by atoms with van der Waals surface area (Å²) in [6.07, 6.45) is 1.60. The zero-order chi connectivity index (χ0) is 16.7. The van der Waals surface area contributed by atoms with Gasteiger partial charge >= 0.3 is 0 Å². The number of amides is 1. The number of non-ortho nitro benzene ring substituents is 1. The zero-order valence-corrected chi connectivity index (χ0v) is 12.4. The van der Waals surface area contributed by atoms with E-state index in [1.54, 1.807) is 25.3 Å². The monoisotopic (exact) mass is 313 g/mol. The van der Waals surface area contributed by atoms with Gasteiger partial charge in [-0.05, 0) is 23.3 Å². The topological polar surface area (TPSA) is 93.8 Å². The Balaban J connectivity index is 1.89. The van der Waals surface area contributed by atoms with E-state index in [9.17, 15) is 14.9 Å². The second kappa shape index (κ2) is 7.69. The van der Waals surface area contributed by atoms with Crippen LogP contribution < -0.4 is 10.2 Å². The summed E-state index contributed by atoms with van der Waals surface area (Å²) in [5.41, 5.74) is 3.86. The molecule has 0 aliphatic rings. The lowest BCUT2D eigenvalue weighted by atomic mass is 10.1. The summed E-state index contributed by atoms with van der Waals surface area (Å²) in [5.74, 6) is 0.393. The van der Waals surface area contributed by atoms with Crippen LogP contribution in [0.2, 0.25) is 0 Å². The van der Waals surface area contributed by atoms with E-state index in [1.807, 2.05) is 18.2 Å². The number of nitrogens with one attached hydrogen (secondary N) is 1. The van der Waals surface area contributed by atoms with Crippen molar-refractivity contribution in [2.75, 3.05) is 7.11 Å². The van der Waals surface area contributed by atoms with Gasteiger partial charge in [-0.2, -0.15) is 5.10 Å². The predicted molar refractivity (Wildman–Crippen MR) is 85.5 cm³/mol. The average molecular weight is 313 g/mol. The van der Waals surface area contributed by atoms with Crippen LogP contribution >= 0.6 is 0 Å². The minimum absolute atomic E-state index is 0.00907. The molecule has 0 aliphatic carbocycles. The first-order chi connectivity index (χ1) is 11.1. The number of nitrogens with zero attached hydrogens (tertiary/aromatic N) is 2. The third-order valence-corrected chi connectivity index (χ3v) is 3.01. The van der Waals surface area contributed by atoms with E-state index < -0.39 is 4.92 Å². The summed E-state index contributed by atoms with van der Waals surface area (Å²) >= 11 is 0. The molecule has 1 N–H and O–H groups in total. The molecule has 0 unspecified atom stereocenters. The fourth-order valence-electron chi connectivity index (χ4n) is 1.86. The van der Waals surface area contributed by atoms with E-state index in [0.717, 1.165) is 5.56 Å². The van der Waals surface area contributed by atoms with E-state index in [2.05, 4.69) is 10.5 Å². The average Bonchev–Trinajstić information content (AvgIpc) is 2.55. The number of hydrazone groups is 1. The molecular weight excluding hydrogens is 298 g/mol. The molecule has 2 aromatic carbocycles. The minimum Gasteiger partial charge on any atom is -0.497 e. The van der Waals surface area contributed by atoms with Crippen molar-refractivity contribution in [2.45, 2.75) is 6.42 Å². The van der Waals surface area contributed by atoms with Gasteiger partial charge in [0.1, 0.15) is 5.75 Å². The normalized spacial score (nSPS) is 10.5. The number of rotatable bonds is 6. The minimum atomic E-state index is -0.484. The molecule has 7 heteroatoms. The van der Waals surface area contributed by atoms with Crippen LogP contribution in [-0.4, -0.2) is 24.2 Å². The van der Waals surface area contributed by atoms with Crippen LogP contribution in [0, 0.1) is 10.1 Å². The van der Waals surface area contributed by atoms with Crippen molar-refractivity contribution in [3.05, 3.63) is 69.8 Å². The molecule has 0 aliphatic heterocycles. The van der Waals surface area contributed by atoms with Crippen molar-refractivity contribution in [1.82, 2.24) is 5.43 Å². The predicted octanol–water partition coefficient (Wildman–Crippen LogP) is 2.30. The van der Waals surface area contributed by atoms with E-state index in [4.69, 9.17) is 4.74 Å². The number of nitro groups is 1. The van der Waals surface area contributed by atoms with Gasteiger partial charge in [-0.25, -0.2) is 5.43 Å². The summed E-state index contributed by atoms with van der Waals surface area (Å²) in [4.78, 5) is 21.8. The second-order valence-electron chi connectivity index (χ2n) is 4.67. The maximum absolute atomic E-state index is 11.8. The maximum Gasteiger partial charge on any atom is 0.269 e. The molecule has 0 aromatic heterocycles. The van der Waals surface area contributed by atoms with Gasteiger partial charge < -0.3 is 4.74 Å². The fraction of sp³-hybridized carbons (Fsp3) is 0.125. The Morgan fingerprint density at radius 2 is 2.04 bits per heavy atom. The van der Waals surface area contributed by atoms with E-state index in [-0.39, 0.29) is 18.0 Å². The number of ether oxygens (including phenoxy) is 1. The Kier molecular flexibility index (Phi) is 5.40. The summed E-state index contributed by atoms with van der Waals surface area (Å²) < 4.78 is 5.09. The van der Waals surface area contributed by atoms with Gasteiger partial charge in [0.25, 0.3) is 5.69 Å². The van der Waals surface area contributed by atoms with Gasteiger partial charge in [0.2, 0.25) is 5.91 Å². The molecular formula is C16H15N3O4. The van der Waals surface area contributed by atoms with Crippen LogP contribution in [0.5, 0.6) is 5.75 Å². The molecule has 0 saturated carbocycles. The van der Waals surface area contributed by atoms with Gasteiger partial charge in [-0.3, -0.25) is 14.9 Å². The standard InChI is InChI=1S/C16H15N3O4/c1-23-15-4-2-3-13(9-15)11-17-18-16(20)10-12-5-7-14(8-6-12)19(21)22/h2-9,11H,10H2,1H3,(H,18,20). The first-order valence-corrected chi connectivity index (χ1v) is 6.78. The smallest absolute Gasteiger partial charge is 0.269 e. The highest BCUT2D eigenvalue weighted by atomic mass is 16.6. The van der Waals surface area contributed by atoms with Gasteiger partial charge in [0.05, 0.1) is 24.7 Å². The van der Waals surface area contributed by atoms with E-state index >= 15 is 0 Å². The van der Waals surface area contributed by atoms with E-state index in [1.165, 1.54) is 18.3 Å². The number of methoxy groups -OCH3 is 1. The number of carbonyl (C=O) groups is 1. The molecule has 0 saturated heterocycles. The largest absolute Gasteiger partial charge is 0.497 e. The van der Waals surface area contributed by atoms with Gasteiger partial charge in [0.15, 0.2) is 0 Å². The van der Waals surface area contributed by atoms with Crippen molar-refractivity contribution in [2.24, 2.45) is 5.10 Å². The molecule has 2 aromatic rings. The number of benzene rings is 2. The quantitative estimate of drug-likeness (QED) is 0.503. The Labute approximate surface area is 132 Å². The molecule has 0 spiro atoms. The summed E-state index contributed by atoms with van der Waals surface area (Å²) in [7, 11) is 1.57. The van der Waals surface area contributed by atoms with Crippen LogP contribution in [0.15, 0.2) is 53.6 Å². The molecule has 7 nitrogen and oxygen atoms in total. The first-order valence-electron chi connectivity index (χ1n) is 6.78. The Hall–Kier alpha value is -3.22. The molecule has 0 heterocycles. The molecule has 2 rings (SSSR count). The summed E-state index contributed by atoms with van der Waals surface area (Å²) in [6, 6.07) is 13.1. The highest BCUT2D eigenvalue weighted by Gasteiger charge is 2.06. The van der Waals surface area contributed by atoms with Crippen LogP contribution in [0.1, 0.15) is 11.1 Å². The van der Waals surface area contributed by atoms with Crippen LogP contribution in [0.25, 0.3) is 0 Å². The van der Waals surface area contributed by atoms with Gasteiger partial charge in [-0.1, -0.05) is 24.3 Å². The number of hydrogen-bond acceptors (Lipinski definition) is 5. The molecule has 23 heavy (non-hydrogen) atoms. The first kappa shape index (κ1) is 16.2. The molecule has 0 bridgehead atoms. The maximum atomic E-state index is 11.8. The zero-order valence-electron chi connectivity index (χ0n) is 12.4. The SMILES string of the molecule is COc1cccc(C=NNC(=O)Cc2ccc([N+](=O)[O-])cc2)c1. The molecule has 0 radical (unpaired) electrons. The highest BCUT2D eigenvalue weighted by Crippen LogP contribution is 2.12. The fourth-order valence-corrected chi connectivity index (χ4v) is 1.86. The summed E-state index contributed by atoms with van der Waals surface area (Å²) in [6.45, 7) is 0. The lowest BCUT2D eigenvalue weighted by Crippen LogP contribution is -2.19. The molecule has 118 valence electrons. The van der Waals surface area contributed by atoms with Gasteiger partial charge in [-0.15, -0.1) is 0 Å². The van der Waals surface area contributed by atoms with Gasteiger partial charge in [0, 0.05) is 12.1 Å². The molecule has 1 amide bonds. The van der Waals surface area contributed by atoms with Crippen molar-refractivity contribution >= 4 is 17.8 Å². The highest BCUT2D eigenvalue weighted by molar-refractivity contribution is 5.83. The molecule has 0 fully saturated rings. The Morgan fingerprint density at radius 3 is 2.70 bits per heavy atom. The van der Waals surface area contributed by atoms with Crippen molar-refractivity contribution in [3.63, 3.8) is 0 Å². The Bertz CT molecular complexity index is 726. The third kappa shape index (κ3) is 4.92. The molecule has 0 atom stereocenters. The van der Waals surface area contributed by atoms with Crippen LogP contribution in [0.3, 0.4) is 0 Å². The second-order valence-corrected chi connectivity index (χ2v) is 4.67. The number of nitro benzene ring substituents is 1. The van der Waals surface area contributed by atoms with Crippen molar-refractivity contribution in [1.29, 1.82) is 0 Å². The Morgan fingerprint density at radius 1 is 1.30 bits per heavy atom. The lowest BCUT2D eigenvalue weighted by molar-refractivity contribution is -0.384. The van der Waals surface area contributed by atoms with Crippen molar-refractivity contribution in [3.8, 4) is 5.75 Å². The number of carbonyl (C=O) groups excluding carboxylic acids is 1. The van der Waals surface area contributed by atoms with Crippen LogP contribution in [0.4, 0.5) is 5.69 Å². The van der Waals surface area contributed by atoms with E-state index in [0.29, 0.717) is 11.3 Å². The van der Waals surface area contributed by atoms with Crippen LogP contribution in [-0.2, 0) is 11.2 Å². The summed E-state index contributed by atoms with van der Waals surface area (Å²) in [5, 5.41) is 14.4.